The van der Waals surface area contributed by atoms with Crippen LogP contribution in [0.1, 0.15) is 11.1 Å². The van der Waals surface area contributed by atoms with E-state index in [0.29, 0.717) is 35.5 Å². The van der Waals surface area contributed by atoms with E-state index >= 15 is 0 Å². The maximum absolute atomic E-state index is 12.2. The van der Waals surface area contributed by atoms with Crippen LogP contribution in [0, 0.1) is 11.3 Å². The number of anilines is 3. The minimum Gasteiger partial charge on any atom is -0.460 e. The van der Waals surface area contributed by atoms with Crippen molar-refractivity contribution < 1.29 is 14.3 Å². The highest BCUT2D eigenvalue weighted by Gasteiger charge is 2.23. The number of aldehydes is 1. The number of pyridine rings is 1. The van der Waals surface area contributed by atoms with E-state index in [1.165, 1.54) is 6.20 Å². The molecule has 0 unspecified atom stereocenters. The van der Waals surface area contributed by atoms with Gasteiger partial charge in [-0.3, -0.25) is 4.79 Å². The lowest BCUT2D eigenvalue weighted by Crippen LogP contribution is -2.19. The summed E-state index contributed by atoms with van der Waals surface area (Å²) in [4.78, 5) is 29.5. The van der Waals surface area contributed by atoms with Crippen molar-refractivity contribution in [1.82, 2.24) is 10.3 Å². The summed E-state index contributed by atoms with van der Waals surface area (Å²) >= 11 is 6.00. The number of nitrogens with one attached hydrogen (secondary N) is 2. The van der Waals surface area contributed by atoms with Gasteiger partial charge in [-0.15, -0.1) is 0 Å². The number of benzene rings is 1. The molecule has 0 saturated heterocycles. The molecule has 0 bridgehead atoms. The summed E-state index contributed by atoms with van der Waals surface area (Å²) in [5, 5.41) is 15.7. The Kier molecular flexibility index (Phi) is 6.00. The zero-order chi connectivity index (χ0) is 21.0. The number of cyclic esters (lactones) is 1. The Morgan fingerprint density at radius 3 is 2.86 bits per heavy atom. The Balaban J connectivity index is 2.13. The zero-order valence-electron chi connectivity index (χ0n) is 15.8. The molecule has 0 fully saturated rings. The minimum absolute atomic E-state index is 0.0765. The number of nitriles is 1. The topological polar surface area (TPSA) is 107 Å². The fraction of sp³-hybridized carbons (Fsp3) is 0.200. The monoisotopic (exact) mass is 411 g/mol. The standard InChI is InChI=1S/C20H18ClN5O3/c1-26(2)17-4-3-12(25-16-5-6-24-19(21)14(16)10-22)9-13(17)18-15(11-27)20(28)29-8-7-23-18/h3-6,9,11,23H,7-8H2,1-2H3,(H,24,25). The third-order valence-electron chi connectivity index (χ3n) is 4.29. The van der Waals surface area contributed by atoms with Crippen LogP contribution in [0.15, 0.2) is 36.0 Å². The average molecular weight is 412 g/mol. The molecule has 0 aliphatic carbocycles. The second-order valence-corrected chi connectivity index (χ2v) is 6.71. The molecule has 1 aromatic carbocycles. The van der Waals surface area contributed by atoms with E-state index in [1.807, 2.05) is 37.2 Å². The highest BCUT2D eigenvalue weighted by atomic mass is 35.5. The van der Waals surface area contributed by atoms with Gasteiger partial charge in [-0.05, 0) is 24.3 Å². The maximum atomic E-state index is 12.2. The van der Waals surface area contributed by atoms with Crippen molar-refractivity contribution in [3.05, 3.63) is 52.3 Å². The second-order valence-electron chi connectivity index (χ2n) is 6.36. The van der Waals surface area contributed by atoms with Crippen molar-refractivity contribution in [2.45, 2.75) is 0 Å². The largest absolute Gasteiger partial charge is 0.460 e. The van der Waals surface area contributed by atoms with Crippen molar-refractivity contribution in [2.24, 2.45) is 0 Å². The summed E-state index contributed by atoms with van der Waals surface area (Å²) in [5.74, 6) is -0.671. The summed E-state index contributed by atoms with van der Waals surface area (Å²) in [7, 11) is 3.72. The van der Waals surface area contributed by atoms with Crippen LogP contribution in [0.5, 0.6) is 0 Å². The molecule has 0 saturated carbocycles. The molecule has 0 amide bonds. The van der Waals surface area contributed by atoms with Crippen LogP contribution in [0.2, 0.25) is 5.15 Å². The van der Waals surface area contributed by atoms with E-state index in [9.17, 15) is 14.9 Å². The van der Waals surface area contributed by atoms with E-state index in [2.05, 4.69) is 15.6 Å². The van der Waals surface area contributed by atoms with Crippen LogP contribution in [0.4, 0.5) is 17.1 Å². The Morgan fingerprint density at radius 1 is 1.38 bits per heavy atom. The van der Waals surface area contributed by atoms with Gasteiger partial charge in [-0.25, -0.2) is 9.78 Å². The quantitative estimate of drug-likeness (QED) is 0.334. The summed E-state index contributed by atoms with van der Waals surface area (Å²) in [6, 6.07) is 9.13. The second kappa shape index (κ2) is 8.63. The van der Waals surface area contributed by atoms with E-state index in [0.717, 1.165) is 5.69 Å². The minimum atomic E-state index is -0.671. The lowest BCUT2D eigenvalue weighted by atomic mass is 10.0. The molecule has 29 heavy (non-hydrogen) atoms. The molecular weight excluding hydrogens is 394 g/mol. The van der Waals surface area contributed by atoms with Gasteiger partial charge in [-0.1, -0.05) is 11.6 Å². The van der Waals surface area contributed by atoms with Crippen LogP contribution in [0.3, 0.4) is 0 Å². The Hall–Kier alpha value is -3.57. The van der Waals surface area contributed by atoms with Crippen LogP contribution >= 0.6 is 11.6 Å². The van der Waals surface area contributed by atoms with Crippen molar-refractivity contribution in [3.8, 4) is 6.07 Å². The molecule has 2 aromatic rings. The van der Waals surface area contributed by atoms with Gasteiger partial charge < -0.3 is 20.3 Å². The molecule has 9 heteroatoms. The number of nitrogens with zero attached hydrogens (tertiary/aromatic N) is 3. The number of aromatic nitrogens is 1. The van der Waals surface area contributed by atoms with Crippen LogP contribution in [-0.2, 0) is 14.3 Å². The first-order chi connectivity index (χ1) is 14.0. The highest BCUT2D eigenvalue weighted by molar-refractivity contribution is 6.31. The van der Waals surface area contributed by atoms with Gasteiger partial charge in [0, 0.05) is 43.8 Å². The van der Waals surface area contributed by atoms with Gasteiger partial charge in [0.25, 0.3) is 0 Å². The molecule has 3 rings (SSSR count). The Morgan fingerprint density at radius 2 is 2.17 bits per heavy atom. The molecule has 2 heterocycles. The van der Waals surface area contributed by atoms with Crippen LogP contribution in [0.25, 0.3) is 5.70 Å². The SMILES string of the molecule is CN(C)c1ccc(Nc2ccnc(Cl)c2C#N)cc1C1=C(C=O)C(=O)OCCN1. The summed E-state index contributed by atoms with van der Waals surface area (Å²) < 4.78 is 5.05. The van der Waals surface area contributed by atoms with E-state index < -0.39 is 5.97 Å². The van der Waals surface area contributed by atoms with Crippen molar-refractivity contribution in [3.63, 3.8) is 0 Å². The zero-order valence-corrected chi connectivity index (χ0v) is 16.6. The van der Waals surface area contributed by atoms with Gasteiger partial charge in [0.05, 0.1) is 11.4 Å². The first-order valence-corrected chi connectivity index (χ1v) is 9.08. The number of carbonyl (C=O) groups is 2. The molecular formula is C20H18ClN5O3. The van der Waals surface area contributed by atoms with Crippen molar-refractivity contribution >= 4 is 46.6 Å². The predicted molar refractivity (Wildman–Crippen MR) is 110 cm³/mol. The number of halogens is 1. The molecule has 1 aliphatic rings. The first-order valence-electron chi connectivity index (χ1n) is 8.70. The molecule has 1 aromatic heterocycles. The van der Waals surface area contributed by atoms with Crippen LogP contribution in [-0.4, -0.2) is 44.5 Å². The number of ether oxygens (including phenoxy) is 1. The van der Waals surface area contributed by atoms with E-state index in [4.69, 9.17) is 16.3 Å². The number of rotatable bonds is 5. The Bertz CT molecular complexity index is 1040. The highest BCUT2D eigenvalue weighted by Crippen LogP contribution is 2.32. The summed E-state index contributed by atoms with van der Waals surface area (Å²) in [6.07, 6.45) is 1.99. The lowest BCUT2D eigenvalue weighted by Gasteiger charge is -2.21. The molecule has 1 aliphatic heterocycles. The summed E-state index contributed by atoms with van der Waals surface area (Å²) in [5.41, 5.74) is 3.10. The van der Waals surface area contributed by atoms with Crippen molar-refractivity contribution in [2.75, 3.05) is 37.5 Å². The lowest BCUT2D eigenvalue weighted by molar-refractivity contribution is -0.138. The normalized spacial score (nSPS) is 13.7. The van der Waals surface area contributed by atoms with Gasteiger partial charge in [-0.2, -0.15) is 5.26 Å². The number of hydrogen-bond acceptors (Lipinski definition) is 8. The van der Waals surface area contributed by atoms with Gasteiger partial charge in [0.1, 0.15) is 29.0 Å². The van der Waals surface area contributed by atoms with Crippen LogP contribution < -0.4 is 15.5 Å². The van der Waals surface area contributed by atoms with Crippen molar-refractivity contribution in [1.29, 1.82) is 5.26 Å². The van der Waals surface area contributed by atoms with Gasteiger partial charge in [0.15, 0.2) is 6.29 Å². The fourth-order valence-corrected chi connectivity index (χ4v) is 3.15. The molecule has 2 N–H and O–H groups in total. The first kappa shape index (κ1) is 20.2. The Labute approximate surface area is 172 Å². The predicted octanol–water partition coefficient (Wildman–Crippen LogP) is 2.47. The molecule has 0 radical (unpaired) electrons. The van der Waals surface area contributed by atoms with E-state index in [1.54, 1.807) is 12.1 Å². The number of esters is 1. The third kappa shape index (κ3) is 4.15. The molecule has 148 valence electrons. The fourth-order valence-electron chi connectivity index (χ4n) is 2.95. The number of hydrogen-bond donors (Lipinski definition) is 2. The molecule has 0 atom stereocenters. The van der Waals surface area contributed by atoms with Gasteiger partial charge in [0.2, 0.25) is 0 Å². The maximum Gasteiger partial charge on any atom is 0.343 e. The molecule has 0 spiro atoms. The van der Waals surface area contributed by atoms with Gasteiger partial charge >= 0.3 is 5.97 Å². The smallest absolute Gasteiger partial charge is 0.343 e. The molecule has 8 nitrogen and oxygen atoms in total. The number of carbonyl (C=O) groups excluding carboxylic acids is 2. The summed E-state index contributed by atoms with van der Waals surface area (Å²) in [6.45, 7) is 0.539. The third-order valence-corrected chi connectivity index (χ3v) is 4.57. The van der Waals surface area contributed by atoms with E-state index in [-0.39, 0.29) is 22.9 Å². The average Bonchev–Trinajstić information content (AvgIpc) is 2.88.